The van der Waals surface area contributed by atoms with Gasteiger partial charge in [-0.3, -0.25) is 4.90 Å². The second-order valence-corrected chi connectivity index (χ2v) is 8.36. The van der Waals surface area contributed by atoms with Crippen molar-refractivity contribution in [2.24, 2.45) is 0 Å². The van der Waals surface area contributed by atoms with Gasteiger partial charge < -0.3 is 20.1 Å². The number of fused-ring (bicyclic) bond motifs is 1. The van der Waals surface area contributed by atoms with E-state index < -0.39 is 5.97 Å². The lowest BCUT2D eigenvalue weighted by Crippen LogP contribution is -2.24. The van der Waals surface area contributed by atoms with Crippen LogP contribution in [0.3, 0.4) is 0 Å². The van der Waals surface area contributed by atoms with Crippen molar-refractivity contribution in [3.63, 3.8) is 0 Å². The molecule has 2 N–H and O–H groups in total. The molecule has 1 aromatic carbocycles. The number of aromatic nitrogens is 4. The van der Waals surface area contributed by atoms with Crippen LogP contribution in [0.4, 0.5) is 17.3 Å². The summed E-state index contributed by atoms with van der Waals surface area (Å²) in [5.41, 5.74) is 2.55. The van der Waals surface area contributed by atoms with Gasteiger partial charge in [-0.25, -0.2) is 24.1 Å². The van der Waals surface area contributed by atoms with E-state index in [1.807, 2.05) is 48.2 Å². The van der Waals surface area contributed by atoms with Crippen molar-refractivity contribution in [3.05, 3.63) is 102 Å². The van der Waals surface area contributed by atoms with Crippen LogP contribution in [0.5, 0.6) is 5.75 Å². The van der Waals surface area contributed by atoms with Crippen molar-refractivity contribution in [3.8, 4) is 5.75 Å². The predicted octanol–water partition coefficient (Wildman–Crippen LogP) is 3.51. The third-order valence-electron chi connectivity index (χ3n) is 5.91. The molecular weight excluding hydrogens is 486 g/mol. The smallest absolute Gasteiger partial charge is 0.356 e. The first-order valence-corrected chi connectivity index (χ1v) is 11.6. The molecule has 38 heavy (non-hydrogen) atoms. The van der Waals surface area contributed by atoms with Crippen molar-refractivity contribution < 1.29 is 19.4 Å². The Morgan fingerprint density at radius 2 is 2.00 bits per heavy atom. The number of methoxy groups -OCH3 is 1. The van der Waals surface area contributed by atoms with Crippen LogP contribution in [0.25, 0.3) is 5.65 Å². The van der Waals surface area contributed by atoms with Crippen molar-refractivity contribution in [1.29, 1.82) is 0 Å². The maximum atomic E-state index is 12.0. The molecule has 0 saturated carbocycles. The molecule has 0 atom stereocenters. The van der Waals surface area contributed by atoms with Gasteiger partial charge in [-0.05, 0) is 42.0 Å². The summed E-state index contributed by atoms with van der Waals surface area (Å²) in [5.74, 6) is 2.41. The maximum Gasteiger partial charge on any atom is 0.356 e. The maximum absolute atomic E-state index is 12.0. The highest BCUT2D eigenvalue weighted by Gasteiger charge is 2.22. The Balaban J connectivity index is 1.51. The van der Waals surface area contributed by atoms with Crippen molar-refractivity contribution in [2.75, 3.05) is 29.3 Å². The summed E-state index contributed by atoms with van der Waals surface area (Å²) < 4.78 is 6.51. The molecule has 0 aliphatic carbocycles. The van der Waals surface area contributed by atoms with Gasteiger partial charge >= 0.3 is 5.97 Å². The third kappa shape index (κ3) is 4.69. The molecule has 11 heteroatoms. The van der Waals surface area contributed by atoms with Gasteiger partial charge in [0.15, 0.2) is 28.8 Å². The number of ether oxygens (including phenoxy) is 1. The van der Waals surface area contributed by atoms with Crippen molar-refractivity contribution in [1.82, 2.24) is 19.6 Å². The Morgan fingerprint density at radius 1 is 1.18 bits per heavy atom. The molecule has 0 bridgehead atoms. The van der Waals surface area contributed by atoms with Crippen LogP contribution in [-0.4, -0.2) is 50.8 Å². The Labute approximate surface area is 217 Å². The van der Waals surface area contributed by atoms with E-state index >= 15 is 0 Å². The van der Waals surface area contributed by atoms with Crippen molar-refractivity contribution >= 4 is 34.9 Å². The molecule has 3 aromatic heterocycles. The fourth-order valence-electron chi connectivity index (χ4n) is 4.07. The van der Waals surface area contributed by atoms with Crippen LogP contribution in [0.1, 0.15) is 16.1 Å². The number of imidazole rings is 1. The molecule has 0 saturated heterocycles. The first kappa shape index (κ1) is 24.3. The third-order valence-corrected chi connectivity index (χ3v) is 5.91. The van der Waals surface area contributed by atoms with Crippen LogP contribution in [-0.2, 0) is 11.3 Å². The minimum Gasteiger partial charge on any atom is -0.497 e. The average Bonchev–Trinajstić information content (AvgIpc) is 3.37. The molecule has 5 rings (SSSR count). The summed E-state index contributed by atoms with van der Waals surface area (Å²) in [5, 5.41) is 17.3. The summed E-state index contributed by atoms with van der Waals surface area (Å²) in [6.07, 6.45) is 8.06. The number of carbonyl (C=O) groups is 1. The van der Waals surface area contributed by atoms with E-state index in [9.17, 15) is 14.7 Å². The Hall–Kier alpha value is -5.41. The summed E-state index contributed by atoms with van der Waals surface area (Å²) in [6, 6.07) is 14.8. The fraction of sp³-hybridized carbons (Fsp3) is 0.111. The van der Waals surface area contributed by atoms with Gasteiger partial charge in [0.2, 0.25) is 0 Å². The molecule has 1 aliphatic rings. The second-order valence-electron chi connectivity index (χ2n) is 8.36. The zero-order valence-electron chi connectivity index (χ0n) is 20.6. The standard InChI is InChI=1S/C27H23N7O4/c1-32(16-18-8-10-19(38-2)11-9-18)21-14-24(31-34-22(27(36)37)15-29-26(21)34)30-20-6-5-13-33(23(20)17-35)25-7-3-4-12-28-25/h3-15H,16H2,1-2H3,(H,30,31)(H,36,37). The molecule has 0 fully saturated rings. The SMILES string of the molecule is COc1ccc(CN(C)c2cc(NC3=CC=CN(c4ccccn4)C3=C=O)nn3c(C(=O)O)cnc23)cc1. The zero-order chi connectivity index (χ0) is 26.6. The van der Waals surface area contributed by atoms with E-state index in [1.165, 1.54) is 10.7 Å². The number of rotatable bonds is 8. The van der Waals surface area contributed by atoms with E-state index in [0.29, 0.717) is 35.2 Å². The largest absolute Gasteiger partial charge is 0.497 e. The lowest BCUT2D eigenvalue weighted by molar-refractivity contribution is 0.0688. The minimum absolute atomic E-state index is 0.0958. The molecule has 4 aromatic rings. The summed E-state index contributed by atoms with van der Waals surface area (Å²) in [6.45, 7) is 0.511. The number of pyridine rings is 1. The van der Waals surface area contributed by atoms with Crippen LogP contribution in [0.2, 0.25) is 0 Å². The number of carboxylic acid groups (broad SMARTS) is 1. The number of allylic oxidation sites excluding steroid dienone is 2. The first-order valence-electron chi connectivity index (χ1n) is 11.6. The topological polar surface area (TPSA) is 125 Å². The van der Waals surface area contributed by atoms with Crippen molar-refractivity contribution in [2.45, 2.75) is 6.54 Å². The number of hydrogen-bond acceptors (Lipinski definition) is 9. The number of carboxylic acids is 1. The van der Waals surface area contributed by atoms with Crippen LogP contribution in [0, 0.1) is 0 Å². The first-order chi connectivity index (χ1) is 18.5. The highest BCUT2D eigenvalue weighted by atomic mass is 16.5. The number of anilines is 3. The summed E-state index contributed by atoms with van der Waals surface area (Å²) in [7, 11) is 3.49. The highest BCUT2D eigenvalue weighted by molar-refractivity contribution is 5.88. The van der Waals surface area contributed by atoms with Gasteiger partial charge in [0.05, 0.1) is 24.7 Å². The summed E-state index contributed by atoms with van der Waals surface area (Å²) in [4.78, 5) is 36.0. The van der Waals surface area contributed by atoms with Crippen LogP contribution >= 0.6 is 0 Å². The zero-order valence-corrected chi connectivity index (χ0v) is 20.6. The van der Waals surface area contributed by atoms with Gasteiger partial charge in [-0.15, -0.1) is 5.10 Å². The molecule has 1 aliphatic heterocycles. The predicted molar refractivity (Wildman–Crippen MR) is 142 cm³/mol. The van der Waals surface area contributed by atoms with E-state index in [2.05, 4.69) is 20.4 Å². The summed E-state index contributed by atoms with van der Waals surface area (Å²) >= 11 is 0. The van der Waals surface area contributed by atoms with E-state index in [4.69, 9.17) is 4.74 Å². The number of carbonyl (C=O) groups excluding carboxylic acids is 1. The number of nitrogens with zero attached hydrogens (tertiary/aromatic N) is 6. The second kappa shape index (κ2) is 10.3. The fourth-order valence-corrected chi connectivity index (χ4v) is 4.07. The van der Waals surface area contributed by atoms with Gasteiger partial charge in [0.25, 0.3) is 0 Å². The quantitative estimate of drug-likeness (QED) is 0.341. The number of benzene rings is 1. The lowest BCUT2D eigenvalue weighted by Gasteiger charge is -2.25. The van der Waals surface area contributed by atoms with Gasteiger partial charge in [0.1, 0.15) is 11.6 Å². The molecule has 0 amide bonds. The molecule has 0 spiro atoms. The van der Waals surface area contributed by atoms with Crippen LogP contribution < -0.4 is 19.9 Å². The molecule has 0 unspecified atom stereocenters. The number of hydrogen-bond donors (Lipinski definition) is 2. The van der Waals surface area contributed by atoms with E-state index in [-0.39, 0.29) is 11.4 Å². The Morgan fingerprint density at radius 3 is 2.68 bits per heavy atom. The molecule has 190 valence electrons. The number of aromatic carboxylic acids is 1. The van der Waals surface area contributed by atoms with E-state index in [0.717, 1.165) is 11.3 Å². The molecular formula is C27H23N7O4. The lowest BCUT2D eigenvalue weighted by atomic mass is 10.2. The molecule has 4 heterocycles. The normalized spacial score (nSPS) is 12.7. The average molecular weight is 510 g/mol. The van der Waals surface area contributed by atoms with E-state index in [1.54, 1.807) is 54.8 Å². The number of nitrogens with one attached hydrogen (secondary N) is 1. The molecule has 11 nitrogen and oxygen atoms in total. The van der Waals surface area contributed by atoms with Gasteiger partial charge in [0, 0.05) is 32.1 Å². The minimum atomic E-state index is -1.17. The van der Waals surface area contributed by atoms with Gasteiger partial charge in [-0.2, -0.15) is 0 Å². The van der Waals surface area contributed by atoms with Crippen LogP contribution in [0.15, 0.2) is 90.7 Å². The Bertz CT molecular complexity index is 1600. The Kier molecular flexibility index (Phi) is 6.58. The van der Waals surface area contributed by atoms with Gasteiger partial charge in [-0.1, -0.05) is 18.2 Å². The monoisotopic (exact) mass is 509 g/mol. The molecule has 0 radical (unpaired) electrons. The highest BCUT2D eigenvalue weighted by Crippen LogP contribution is 2.29.